The zero-order chi connectivity index (χ0) is 9.80. The van der Waals surface area contributed by atoms with Crippen molar-refractivity contribution in [2.24, 2.45) is 0 Å². The monoisotopic (exact) mass is 181 g/mol. The average molecular weight is 181 g/mol. The van der Waals surface area contributed by atoms with Crippen LogP contribution >= 0.6 is 0 Å². The molecular weight excluding hydrogens is 170 g/mol. The topological polar surface area (TPSA) is 3.24 Å². The second kappa shape index (κ2) is 3.85. The molecular formula is C13H11N. The molecule has 0 aromatic heterocycles. The Kier molecular flexibility index (Phi) is 2.38. The molecule has 1 heterocycles. The van der Waals surface area contributed by atoms with Gasteiger partial charge in [-0.1, -0.05) is 18.1 Å². The highest BCUT2D eigenvalue weighted by molar-refractivity contribution is 5.55. The van der Waals surface area contributed by atoms with E-state index in [9.17, 15) is 0 Å². The summed E-state index contributed by atoms with van der Waals surface area (Å²) in [6.45, 7) is 0. The summed E-state index contributed by atoms with van der Waals surface area (Å²) in [5, 5.41) is 0. The van der Waals surface area contributed by atoms with Crippen LogP contribution in [0.15, 0.2) is 48.8 Å². The predicted octanol–water partition coefficient (Wildman–Crippen LogP) is 2.91. The first-order valence-corrected chi connectivity index (χ1v) is 4.58. The molecule has 1 aliphatic heterocycles. The number of hydrogen-bond acceptors (Lipinski definition) is 1. The molecule has 1 aromatic rings. The van der Waals surface area contributed by atoms with E-state index in [0.717, 1.165) is 17.7 Å². The molecule has 0 spiro atoms. The van der Waals surface area contributed by atoms with Gasteiger partial charge in [0.25, 0.3) is 0 Å². The van der Waals surface area contributed by atoms with E-state index in [2.05, 4.69) is 35.4 Å². The third-order valence-electron chi connectivity index (χ3n) is 2.14. The van der Waals surface area contributed by atoms with E-state index in [4.69, 9.17) is 6.42 Å². The van der Waals surface area contributed by atoms with Crippen molar-refractivity contribution in [3.05, 3.63) is 54.4 Å². The molecule has 1 nitrogen and oxygen atoms in total. The number of allylic oxidation sites excluding steroid dienone is 2. The van der Waals surface area contributed by atoms with E-state index in [-0.39, 0.29) is 0 Å². The first-order valence-electron chi connectivity index (χ1n) is 4.58. The van der Waals surface area contributed by atoms with Crippen LogP contribution in [0.1, 0.15) is 12.0 Å². The Hall–Kier alpha value is -1.94. The summed E-state index contributed by atoms with van der Waals surface area (Å²) in [7, 11) is 0. The Morgan fingerprint density at radius 1 is 1.07 bits per heavy atom. The second-order valence-electron chi connectivity index (χ2n) is 3.10. The van der Waals surface area contributed by atoms with Crippen molar-refractivity contribution in [1.29, 1.82) is 0 Å². The standard InChI is InChI=1S/C13H11N/c1-2-12-6-8-13(9-7-12)14-10-4-3-5-11-14/h1,4-11H,3H2. The summed E-state index contributed by atoms with van der Waals surface area (Å²) in [5.41, 5.74) is 2.05. The highest BCUT2D eigenvalue weighted by Gasteiger charge is 2.00. The fraction of sp³-hybridized carbons (Fsp3) is 0.0769. The predicted molar refractivity (Wildman–Crippen MR) is 59.8 cm³/mol. The van der Waals surface area contributed by atoms with E-state index < -0.39 is 0 Å². The number of rotatable bonds is 1. The molecule has 0 fully saturated rings. The maximum absolute atomic E-state index is 5.29. The van der Waals surface area contributed by atoms with Crippen LogP contribution in [0.4, 0.5) is 5.69 Å². The summed E-state index contributed by atoms with van der Waals surface area (Å²) < 4.78 is 0. The highest BCUT2D eigenvalue weighted by Crippen LogP contribution is 2.18. The normalized spacial score (nSPS) is 14.1. The van der Waals surface area contributed by atoms with Gasteiger partial charge in [0.05, 0.1) is 0 Å². The minimum absolute atomic E-state index is 0.915. The Balaban J connectivity index is 2.25. The van der Waals surface area contributed by atoms with Crippen LogP contribution in [0.2, 0.25) is 0 Å². The molecule has 0 unspecified atom stereocenters. The molecule has 1 aliphatic rings. The van der Waals surface area contributed by atoms with Crippen molar-refractivity contribution in [3.8, 4) is 12.3 Å². The Morgan fingerprint density at radius 3 is 2.29 bits per heavy atom. The average Bonchev–Trinajstić information content (AvgIpc) is 2.30. The number of terminal acetylenes is 1. The summed E-state index contributed by atoms with van der Waals surface area (Å²) in [4.78, 5) is 2.07. The fourth-order valence-corrected chi connectivity index (χ4v) is 1.38. The van der Waals surface area contributed by atoms with Crippen LogP contribution in [-0.2, 0) is 0 Å². The zero-order valence-electron chi connectivity index (χ0n) is 7.85. The second-order valence-corrected chi connectivity index (χ2v) is 3.10. The van der Waals surface area contributed by atoms with E-state index in [1.54, 1.807) is 0 Å². The Bertz CT molecular complexity index is 392. The lowest BCUT2D eigenvalue weighted by Crippen LogP contribution is -2.08. The third-order valence-corrected chi connectivity index (χ3v) is 2.14. The summed E-state index contributed by atoms with van der Waals surface area (Å²) in [5.74, 6) is 2.60. The first kappa shape index (κ1) is 8.65. The smallest absolute Gasteiger partial charge is 0.0449 e. The van der Waals surface area contributed by atoms with Crippen LogP contribution in [0.3, 0.4) is 0 Å². The van der Waals surface area contributed by atoms with Gasteiger partial charge >= 0.3 is 0 Å². The first-order chi connectivity index (χ1) is 6.90. The van der Waals surface area contributed by atoms with Crippen molar-refractivity contribution < 1.29 is 0 Å². The van der Waals surface area contributed by atoms with Gasteiger partial charge in [-0.2, -0.15) is 0 Å². The molecule has 68 valence electrons. The van der Waals surface area contributed by atoms with Gasteiger partial charge < -0.3 is 4.90 Å². The van der Waals surface area contributed by atoms with Gasteiger partial charge in [0.15, 0.2) is 0 Å². The number of nitrogens with zero attached hydrogens (tertiary/aromatic N) is 1. The lowest BCUT2D eigenvalue weighted by Gasteiger charge is -2.17. The molecule has 1 aromatic carbocycles. The van der Waals surface area contributed by atoms with Gasteiger partial charge in [-0.3, -0.25) is 0 Å². The molecule has 1 heteroatoms. The molecule has 0 saturated heterocycles. The van der Waals surface area contributed by atoms with E-state index in [1.807, 2.05) is 24.3 Å². The molecule has 0 N–H and O–H groups in total. The number of benzene rings is 1. The minimum atomic E-state index is 0.915. The van der Waals surface area contributed by atoms with Crippen molar-refractivity contribution >= 4 is 5.69 Å². The van der Waals surface area contributed by atoms with Gasteiger partial charge in [-0.05, 0) is 30.7 Å². The zero-order valence-corrected chi connectivity index (χ0v) is 7.85. The van der Waals surface area contributed by atoms with Gasteiger partial charge in [0.2, 0.25) is 0 Å². The molecule has 0 aliphatic carbocycles. The molecule has 0 saturated carbocycles. The van der Waals surface area contributed by atoms with Crippen molar-refractivity contribution in [1.82, 2.24) is 0 Å². The molecule has 2 rings (SSSR count). The van der Waals surface area contributed by atoms with E-state index in [0.29, 0.717) is 0 Å². The lowest BCUT2D eigenvalue weighted by atomic mass is 10.2. The van der Waals surface area contributed by atoms with Crippen LogP contribution in [0, 0.1) is 12.3 Å². The van der Waals surface area contributed by atoms with Gasteiger partial charge in [-0.25, -0.2) is 0 Å². The highest BCUT2D eigenvalue weighted by atomic mass is 15.1. The Morgan fingerprint density at radius 2 is 1.71 bits per heavy atom. The SMILES string of the molecule is C#Cc1ccc(N2C=CCC=C2)cc1. The van der Waals surface area contributed by atoms with Crippen molar-refractivity contribution in [3.63, 3.8) is 0 Å². The van der Waals surface area contributed by atoms with Crippen LogP contribution in [-0.4, -0.2) is 0 Å². The van der Waals surface area contributed by atoms with E-state index in [1.165, 1.54) is 0 Å². The quantitative estimate of drug-likeness (QED) is 0.602. The van der Waals surface area contributed by atoms with Crippen LogP contribution in [0.5, 0.6) is 0 Å². The van der Waals surface area contributed by atoms with Gasteiger partial charge in [0.1, 0.15) is 0 Å². The fourth-order valence-electron chi connectivity index (χ4n) is 1.38. The molecule has 0 amide bonds. The maximum atomic E-state index is 5.29. The van der Waals surface area contributed by atoms with E-state index >= 15 is 0 Å². The molecule has 0 radical (unpaired) electrons. The lowest BCUT2D eigenvalue weighted by molar-refractivity contribution is 1.18. The third kappa shape index (κ3) is 1.70. The largest absolute Gasteiger partial charge is 0.324 e. The van der Waals surface area contributed by atoms with Crippen LogP contribution in [0.25, 0.3) is 0 Å². The van der Waals surface area contributed by atoms with Gasteiger partial charge in [-0.15, -0.1) is 6.42 Å². The number of hydrogen-bond donors (Lipinski definition) is 0. The van der Waals surface area contributed by atoms with Crippen LogP contribution < -0.4 is 4.90 Å². The summed E-state index contributed by atoms with van der Waals surface area (Å²) >= 11 is 0. The Labute approximate surface area is 84.4 Å². The maximum Gasteiger partial charge on any atom is 0.0449 e. The summed E-state index contributed by atoms with van der Waals surface area (Å²) in [6, 6.07) is 7.95. The number of anilines is 1. The molecule has 14 heavy (non-hydrogen) atoms. The van der Waals surface area contributed by atoms with Gasteiger partial charge in [0, 0.05) is 23.7 Å². The minimum Gasteiger partial charge on any atom is -0.324 e. The summed E-state index contributed by atoms with van der Waals surface area (Å²) in [6.07, 6.45) is 14.7. The molecule has 0 atom stereocenters. The van der Waals surface area contributed by atoms with Crippen molar-refractivity contribution in [2.45, 2.75) is 6.42 Å². The van der Waals surface area contributed by atoms with Crippen molar-refractivity contribution in [2.75, 3.05) is 4.90 Å². The molecule has 0 bridgehead atoms.